The number of nitrogens with zero attached hydrogens (tertiary/aromatic N) is 3. The first kappa shape index (κ1) is 26.5. The van der Waals surface area contributed by atoms with E-state index in [-0.39, 0.29) is 29.4 Å². The highest BCUT2D eigenvalue weighted by atomic mass is 79.9. The van der Waals surface area contributed by atoms with E-state index >= 15 is 0 Å². The molecule has 0 unspecified atom stereocenters. The molecule has 11 heteroatoms. The maximum atomic E-state index is 13.3. The molecule has 4 rings (SSSR count). The lowest BCUT2D eigenvalue weighted by Crippen LogP contribution is -2.39. The van der Waals surface area contributed by atoms with E-state index in [9.17, 15) is 13.2 Å². The topological polar surface area (TPSA) is 79.8 Å². The third kappa shape index (κ3) is 7.24. The zero-order chi connectivity index (χ0) is 24.8. The number of thiazole rings is 1. The number of aromatic nitrogens is 1. The van der Waals surface area contributed by atoms with Gasteiger partial charge in [0.15, 0.2) is 15.0 Å². The summed E-state index contributed by atoms with van der Waals surface area (Å²) in [7, 11) is -3.49. The molecule has 7 nitrogen and oxygen atoms in total. The molecule has 0 spiro atoms. The van der Waals surface area contributed by atoms with Gasteiger partial charge in [-0.15, -0.1) is 0 Å². The van der Waals surface area contributed by atoms with Crippen molar-refractivity contribution in [1.29, 1.82) is 0 Å². The molecule has 1 saturated heterocycles. The lowest BCUT2D eigenvalue weighted by Gasteiger charge is -2.27. The number of rotatable bonds is 10. The Morgan fingerprint density at radius 3 is 2.63 bits per heavy atom. The molecule has 1 aliphatic rings. The number of anilines is 1. The van der Waals surface area contributed by atoms with E-state index in [4.69, 9.17) is 21.3 Å². The number of carbonyl (C=O) groups is 1. The van der Waals surface area contributed by atoms with E-state index in [1.165, 1.54) is 23.5 Å². The molecular formula is C24H27BrClN3O4S2. The smallest absolute Gasteiger partial charge is 0.228 e. The van der Waals surface area contributed by atoms with E-state index in [1.54, 1.807) is 17.0 Å². The number of hydrogen-bond donors (Lipinski definition) is 0. The summed E-state index contributed by atoms with van der Waals surface area (Å²) in [6.45, 7) is 4.65. The molecule has 0 radical (unpaired) electrons. The summed E-state index contributed by atoms with van der Waals surface area (Å²) >= 11 is 10.8. The van der Waals surface area contributed by atoms with Crippen LogP contribution in [0.1, 0.15) is 19.3 Å². The Morgan fingerprint density at radius 1 is 1.14 bits per heavy atom. The molecule has 2 heterocycles. The lowest BCUT2D eigenvalue weighted by atomic mass is 10.2. The quantitative estimate of drug-likeness (QED) is 0.325. The van der Waals surface area contributed by atoms with Crippen LogP contribution in [0.4, 0.5) is 5.13 Å². The standard InChI is InChI=1S/C24H27BrClN3O4S2/c25-18-4-9-21-22(17-18)34-24(27-21)29(11-2-10-28-12-14-33-15-13-28)23(30)3-1-16-35(31,32)20-7-5-19(26)6-8-20/h4-9,17H,1-3,10-16H2. The molecule has 0 atom stereocenters. The highest BCUT2D eigenvalue weighted by molar-refractivity contribution is 9.10. The zero-order valence-corrected chi connectivity index (χ0v) is 23.1. The van der Waals surface area contributed by atoms with Crippen molar-refractivity contribution in [2.45, 2.75) is 24.2 Å². The van der Waals surface area contributed by atoms with Gasteiger partial charge < -0.3 is 4.74 Å². The molecule has 3 aromatic rings. The number of hydrogen-bond acceptors (Lipinski definition) is 7. The summed E-state index contributed by atoms with van der Waals surface area (Å²) < 4.78 is 32.7. The summed E-state index contributed by atoms with van der Waals surface area (Å²) in [5.41, 5.74) is 0.837. The predicted molar refractivity (Wildman–Crippen MR) is 144 cm³/mol. The highest BCUT2D eigenvalue weighted by Gasteiger charge is 2.22. The van der Waals surface area contributed by atoms with Gasteiger partial charge in [0, 0.05) is 42.1 Å². The number of amides is 1. The summed E-state index contributed by atoms with van der Waals surface area (Å²) in [6.07, 6.45) is 1.17. The molecule has 0 bridgehead atoms. The fraction of sp³-hybridized carbons (Fsp3) is 0.417. The van der Waals surface area contributed by atoms with Gasteiger partial charge in [0.25, 0.3) is 0 Å². The van der Waals surface area contributed by atoms with E-state index in [0.717, 1.165) is 54.0 Å². The number of morpholine rings is 1. The molecule has 0 N–H and O–H groups in total. The third-order valence-electron chi connectivity index (χ3n) is 5.81. The first-order chi connectivity index (χ1) is 16.8. The molecule has 0 saturated carbocycles. The normalized spacial score (nSPS) is 14.9. The van der Waals surface area contributed by atoms with Gasteiger partial charge in [0.1, 0.15) is 0 Å². The molecule has 1 aromatic heterocycles. The Morgan fingerprint density at radius 2 is 1.89 bits per heavy atom. The molecule has 1 amide bonds. The van der Waals surface area contributed by atoms with Gasteiger partial charge >= 0.3 is 0 Å². The molecule has 0 aliphatic carbocycles. The summed E-state index contributed by atoms with van der Waals surface area (Å²) in [5.74, 6) is -0.217. The Kier molecular flexibility index (Phi) is 9.18. The fourth-order valence-corrected chi connectivity index (χ4v) is 6.91. The number of ether oxygens (including phenoxy) is 1. The molecule has 35 heavy (non-hydrogen) atoms. The van der Waals surface area contributed by atoms with Gasteiger partial charge in [-0.3, -0.25) is 14.6 Å². The van der Waals surface area contributed by atoms with E-state index in [1.807, 2.05) is 18.2 Å². The Hall–Kier alpha value is -1.56. The van der Waals surface area contributed by atoms with E-state index < -0.39 is 9.84 Å². The lowest BCUT2D eigenvalue weighted by molar-refractivity contribution is -0.118. The van der Waals surface area contributed by atoms with Crippen LogP contribution in [-0.2, 0) is 19.4 Å². The molecule has 2 aromatic carbocycles. The zero-order valence-electron chi connectivity index (χ0n) is 19.2. The molecule has 1 aliphatic heterocycles. The van der Waals surface area contributed by atoms with Crippen molar-refractivity contribution >= 4 is 70.0 Å². The summed E-state index contributed by atoms with van der Waals surface area (Å²) in [5, 5.41) is 1.13. The van der Waals surface area contributed by atoms with E-state index in [0.29, 0.717) is 16.7 Å². The Balaban J connectivity index is 1.42. The number of carbonyl (C=O) groups excluding carboxylic acids is 1. The SMILES string of the molecule is O=C(CCCS(=O)(=O)c1ccc(Cl)cc1)N(CCCN1CCOCC1)c1nc2ccc(Br)cc2s1. The number of benzene rings is 2. The first-order valence-corrected chi connectivity index (χ1v) is 15.1. The number of halogens is 2. The van der Waals surface area contributed by atoms with Crippen molar-refractivity contribution < 1.29 is 17.9 Å². The monoisotopic (exact) mass is 599 g/mol. The van der Waals surface area contributed by atoms with Crippen LogP contribution in [0.2, 0.25) is 5.02 Å². The Bertz CT molecular complexity index is 1260. The van der Waals surface area contributed by atoms with Crippen molar-refractivity contribution in [2.24, 2.45) is 0 Å². The van der Waals surface area contributed by atoms with Crippen molar-refractivity contribution in [3.63, 3.8) is 0 Å². The van der Waals surface area contributed by atoms with Crippen LogP contribution >= 0.6 is 38.9 Å². The van der Waals surface area contributed by atoms with Crippen LogP contribution in [0, 0.1) is 0 Å². The third-order valence-corrected chi connectivity index (χ3v) is 9.41. The van der Waals surface area contributed by atoms with Gasteiger partial charge in [-0.2, -0.15) is 0 Å². The number of fused-ring (bicyclic) bond motifs is 1. The molecular weight excluding hydrogens is 574 g/mol. The second-order valence-electron chi connectivity index (χ2n) is 8.34. The average Bonchev–Trinajstić information content (AvgIpc) is 3.25. The minimum Gasteiger partial charge on any atom is -0.379 e. The van der Waals surface area contributed by atoms with Crippen molar-refractivity contribution in [2.75, 3.05) is 50.0 Å². The predicted octanol–water partition coefficient (Wildman–Crippen LogP) is 5.02. The minimum atomic E-state index is -3.49. The van der Waals surface area contributed by atoms with Crippen LogP contribution in [-0.4, -0.2) is 69.4 Å². The second-order valence-corrected chi connectivity index (χ2v) is 12.8. The first-order valence-electron chi connectivity index (χ1n) is 11.5. The number of sulfone groups is 1. The van der Waals surface area contributed by atoms with Gasteiger partial charge in [-0.25, -0.2) is 13.4 Å². The van der Waals surface area contributed by atoms with Crippen LogP contribution in [0.3, 0.4) is 0 Å². The van der Waals surface area contributed by atoms with Crippen molar-refractivity contribution in [1.82, 2.24) is 9.88 Å². The van der Waals surface area contributed by atoms with Gasteiger partial charge in [0.05, 0.1) is 34.1 Å². The minimum absolute atomic E-state index is 0.102. The molecule has 188 valence electrons. The summed E-state index contributed by atoms with van der Waals surface area (Å²) in [6, 6.07) is 12.0. The van der Waals surface area contributed by atoms with E-state index in [2.05, 4.69) is 20.8 Å². The van der Waals surface area contributed by atoms with Gasteiger partial charge in [-0.05, 0) is 55.3 Å². The molecule has 1 fully saturated rings. The van der Waals surface area contributed by atoms with Crippen molar-refractivity contribution in [3.05, 3.63) is 52.0 Å². The largest absolute Gasteiger partial charge is 0.379 e. The van der Waals surface area contributed by atoms with Gasteiger partial charge in [-0.1, -0.05) is 38.9 Å². The van der Waals surface area contributed by atoms with Crippen LogP contribution < -0.4 is 4.90 Å². The van der Waals surface area contributed by atoms with Gasteiger partial charge in [0.2, 0.25) is 5.91 Å². The Labute approximate surface area is 223 Å². The maximum absolute atomic E-state index is 13.3. The second kappa shape index (κ2) is 12.1. The van der Waals surface area contributed by atoms with Crippen LogP contribution in [0.25, 0.3) is 10.2 Å². The van der Waals surface area contributed by atoms with Crippen molar-refractivity contribution in [3.8, 4) is 0 Å². The summed E-state index contributed by atoms with van der Waals surface area (Å²) in [4.78, 5) is 22.2. The van der Waals surface area contributed by atoms with Crippen LogP contribution in [0.5, 0.6) is 0 Å². The fourth-order valence-electron chi connectivity index (χ4n) is 3.91. The highest BCUT2D eigenvalue weighted by Crippen LogP contribution is 2.31. The average molecular weight is 601 g/mol. The van der Waals surface area contributed by atoms with Crippen LogP contribution in [0.15, 0.2) is 51.8 Å². The maximum Gasteiger partial charge on any atom is 0.228 e.